The Morgan fingerprint density at radius 2 is 1.16 bits per heavy atom. The van der Waals surface area contributed by atoms with Crippen molar-refractivity contribution in [3.8, 4) is 0 Å². The smallest absolute Gasteiger partial charge is 0.303 e. The van der Waals surface area contributed by atoms with Crippen LogP contribution in [0.25, 0.3) is 10.4 Å². The maximum Gasteiger partial charge on any atom is 0.303 e. The summed E-state index contributed by atoms with van der Waals surface area (Å²) in [4.78, 5) is 82.0. The highest BCUT2D eigenvalue weighted by molar-refractivity contribution is 6.21. The summed E-state index contributed by atoms with van der Waals surface area (Å²) in [5.74, 6) is -4.78. The zero-order valence-electron chi connectivity index (χ0n) is 33.6. The van der Waals surface area contributed by atoms with Crippen LogP contribution < -0.4 is 0 Å². The molecule has 0 saturated carbocycles. The number of nitrogens with zero attached hydrogens (tertiary/aromatic N) is 4. The molecule has 322 valence electrons. The molecule has 3 aromatic rings. The van der Waals surface area contributed by atoms with E-state index in [9.17, 15) is 34.3 Å². The van der Waals surface area contributed by atoms with Crippen LogP contribution in [0.4, 0.5) is 0 Å². The number of carbonyl (C=O) groups is 6. The minimum absolute atomic E-state index is 0.0794. The van der Waals surface area contributed by atoms with Crippen LogP contribution in [0.2, 0.25) is 0 Å². The third-order valence-corrected chi connectivity index (χ3v) is 9.84. The number of esters is 4. The van der Waals surface area contributed by atoms with Crippen LogP contribution in [0, 0.1) is 0 Å². The van der Waals surface area contributed by atoms with E-state index in [2.05, 4.69) is 10.0 Å². The average molecular weight is 845 g/mol. The lowest BCUT2D eigenvalue weighted by atomic mass is 9.93. The summed E-state index contributed by atoms with van der Waals surface area (Å²) >= 11 is 0. The van der Waals surface area contributed by atoms with E-state index in [0.717, 1.165) is 38.2 Å². The summed E-state index contributed by atoms with van der Waals surface area (Å²) in [6.45, 7) is 3.50. The predicted molar refractivity (Wildman–Crippen MR) is 206 cm³/mol. The van der Waals surface area contributed by atoms with E-state index in [1.807, 2.05) is 30.3 Å². The van der Waals surface area contributed by atoms with Crippen LogP contribution in [0.1, 0.15) is 59.5 Å². The van der Waals surface area contributed by atoms with Gasteiger partial charge in [0.2, 0.25) is 0 Å². The van der Waals surface area contributed by atoms with Crippen LogP contribution in [0.3, 0.4) is 0 Å². The molecule has 3 aliphatic rings. The number of amides is 2. The number of hydrogen-bond donors (Lipinski definition) is 0. The molecule has 2 fully saturated rings. The molecule has 6 rings (SSSR count). The fourth-order valence-electron chi connectivity index (χ4n) is 7.38. The van der Waals surface area contributed by atoms with E-state index < -0.39 is 104 Å². The van der Waals surface area contributed by atoms with Gasteiger partial charge in [-0.15, -0.1) is 0 Å². The van der Waals surface area contributed by atoms with Gasteiger partial charge in [-0.1, -0.05) is 77.9 Å². The van der Waals surface area contributed by atoms with E-state index in [4.69, 9.17) is 42.6 Å². The first-order valence-electron chi connectivity index (χ1n) is 19.3. The van der Waals surface area contributed by atoms with Gasteiger partial charge in [0.25, 0.3) is 11.8 Å². The van der Waals surface area contributed by atoms with Crippen molar-refractivity contribution in [2.75, 3.05) is 13.2 Å². The maximum absolute atomic E-state index is 14.2. The summed E-state index contributed by atoms with van der Waals surface area (Å²) in [7, 11) is 0. The van der Waals surface area contributed by atoms with Crippen LogP contribution in [0.5, 0.6) is 0 Å². The lowest BCUT2D eigenvalue weighted by Crippen LogP contribution is -2.69. The Hall–Kier alpha value is -6.21. The Kier molecular flexibility index (Phi) is 14.8. The van der Waals surface area contributed by atoms with Gasteiger partial charge >= 0.3 is 23.9 Å². The fraction of sp³-hybridized carbons (Fsp3) is 0.429. The molecule has 19 heteroatoms. The second-order valence-electron chi connectivity index (χ2n) is 14.2. The molecule has 2 amide bonds. The number of hydrogen-bond acceptors (Lipinski definition) is 16. The molecule has 2 saturated heterocycles. The predicted octanol–water partition coefficient (Wildman–Crippen LogP) is 3.96. The minimum atomic E-state index is -1.76. The number of fused-ring (bicyclic) bond motifs is 1. The lowest BCUT2D eigenvalue weighted by Gasteiger charge is -2.50. The molecule has 0 N–H and O–H groups in total. The Morgan fingerprint density at radius 3 is 1.72 bits per heavy atom. The SMILES string of the molecule is CC(=O)OC[C@H]1O[C@@H](O[C@H]2[C@H](OCc3ccccc3)[C@@H](N3C(=O)c4ccccc4C3=O)[C@H](N=[N+]=[N-])O[C@@H]2COCc2ccccc2)[C@H](OC(C)=O)[C@@H](OC(C)=O)[C@H]1OC(C)=O. The van der Waals surface area contributed by atoms with Crippen molar-refractivity contribution < 1.29 is 71.4 Å². The van der Waals surface area contributed by atoms with Gasteiger partial charge in [0.1, 0.15) is 37.1 Å². The molecule has 0 aromatic heterocycles. The summed E-state index contributed by atoms with van der Waals surface area (Å²) in [6, 6.07) is 22.7. The van der Waals surface area contributed by atoms with Gasteiger partial charge in [-0.25, -0.2) is 0 Å². The third kappa shape index (κ3) is 10.8. The highest BCUT2D eigenvalue weighted by Gasteiger charge is 2.58. The van der Waals surface area contributed by atoms with Crippen molar-refractivity contribution in [3.63, 3.8) is 0 Å². The van der Waals surface area contributed by atoms with Crippen molar-refractivity contribution in [1.29, 1.82) is 0 Å². The van der Waals surface area contributed by atoms with Gasteiger partial charge in [-0.3, -0.25) is 33.7 Å². The Balaban J connectivity index is 1.48. The maximum atomic E-state index is 14.2. The number of imide groups is 1. The zero-order valence-corrected chi connectivity index (χ0v) is 33.6. The van der Waals surface area contributed by atoms with Crippen molar-refractivity contribution in [2.24, 2.45) is 5.11 Å². The highest BCUT2D eigenvalue weighted by atomic mass is 16.7. The quantitative estimate of drug-likeness (QED) is 0.0495. The van der Waals surface area contributed by atoms with Gasteiger partial charge in [0, 0.05) is 32.6 Å². The number of azide groups is 1. The van der Waals surface area contributed by atoms with Crippen molar-refractivity contribution >= 4 is 35.7 Å². The average Bonchev–Trinajstić information content (AvgIpc) is 3.47. The monoisotopic (exact) mass is 844 g/mol. The molecule has 19 nitrogen and oxygen atoms in total. The largest absolute Gasteiger partial charge is 0.463 e. The molecule has 0 bridgehead atoms. The van der Waals surface area contributed by atoms with E-state index >= 15 is 0 Å². The third-order valence-electron chi connectivity index (χ3n) is 9.84. The van der Waals surface area contributed by atoms with Gasteiger partial charge < -0.3 is 42.6 Å². The Bertz CT molecular complexity index is 2080. The number of benzene rings is 3. The van der Waals surface area contributed by atoms with Crippen molar-refractivity contribution in [1.82, 2.24) is 4.90 Å². The summed E-state index contributed by atoms with van der Waals surface area (Å²) < 4.78 is 54.3. The standard InChI is InChI=1S/C42H44N4O15/c1-23(47)54-22-32-35(56-24(2)48)37(57-25(3)49)38(58-26(4)50)42(60-32)61-34-31(21-53-19-27-13-7-5-8-14-27)59-39(44-45-43)33(36(34)55-20-28-15-9-6-10-16-28)46-40(51)29-17-11-12-18-30(29)41(46)52/h5-18,31-39,42H,19-22H2,1-4H3/t31-,32-,33-,34-,35+,36-,37+,38-,39-,42+/m1/s1. The normalized spacial score (nSPS) is 27.0. The minimum Gasteiger partial charge on any atom is -0.463 e. The Morgan fingerprint density at radius 1 is 0.639 bits per heavy atom. The topological polar surface area (TPSA) is 237 Å². The van der Waals surface area contributed by atoms with Crippen molar-refractivity contribution in [2.45, 2.75) is 102 Å². The summed E-state index contributed by atoms with van der Waals surface area (Å²) in [5, 5.41) is 3.90. The first kappa shape index (κ1) is 44.3. The Labute approximate surface area is 349 Å². The first-order valence-corrected chi connectivity index (χ1v) is 19.3. The lowest BCUT2D eigenvalue weighted by molar-refractivity contribution is -0.343. The molecule has 3 heterocycles. The van der Waals surface area contributed by atoms with E-state index in [1.165, 1.54) is 12.1 Å². The fourth-order valence-corrected chi connectivity index (χ4v) is 7.38. The number of carbonyl (C=O) groups excluding carboxylic acids is 6. The second-order valence-corrected chi connectivity index (χ2v) is 14.2. The van der Waals surface area contributed by atoms with Crippen LogP contribution in [-0.2, 0) is 75.0 Å². The molecule has 0 radical (unpaired) electrons. The molecule has 10 atom stereocenters. The van der Waals surface area contributed by atoms with Crippen LogP contribution in [0.15, 0.2) is 90.0 Å². The zero-order chi connectivity index (χ0) is 43.6. The van der Waals surface area contributed by atoms with E-state index in [1.54, 1.807) is 42.5 Å². The van der Waals surface area contributed by atoms with Crippen LogP contribution in [-0.4, -0.2) is 115 Å². The van der Waals surface area contributed by atoms with Gasteiger partial charge in [-0.2, -0.15) is 0 Å². The molecular formula is C42H44N4O15. The van der Waals surface area contributed by atoms with E-state index in [-0.39, 0.29) is 30.9 Å². The molecule has 3 aliphatic heterocycles. The van der Waals surface area contributed by atoms with Gasteiger partial charge in [-0.05, 0) is 28.8 Å². The summed E-state index contributed by atoms with van der Waals surface area (Å²) in [5.41, 5.74) is 11.5. The second kappa shape index (κ2) is 20.4. The van der Waals surface area contributed by atoms with E-state index in [0.29, 0.717) is 5.56 Å². The molecule has 0 unspecified atom stereocenters. The summed E-state index contributed by atoms with van der Waals surface area (Å²) in [6.07, 6.45) is -13.6. The van der Waals surface area contributed by atoms with Crippen LogP contribution >= 0.6 is 0 Å². The van der Waals surface area contributed by atoms with Gasteiger partial charge in [0.05, 0.1) is 30.9 Å². The number of rotatable bonds is 16. The molecule has 0 aliphatic carbocycles. The molecule has 0 spiro atoms. The first-order chi connectivity index (χ1) is 29.4. The molecular weight excluding hydrogens is 800 g/mol. The number of ether oxygens (including phenoxy) is 9. The molecule has 61 heavy (non-hydrogen) atoms. The highest BCUT2D eigenvalue weighted by Crippen LogP contribution is 2.39. The molecule has 3 aromatic carbocycles. The van der Waals surface area contributed by atoms with Gasteiger partial charge in [0.15, 0.2) is 30.8 Å². The van der Waals surface area contributed by atoms with Crippen molar-refractivity contribution in [3.05, 3.63) is 118 Å².